The molecule has 0 aliphatic carbocycles. The van der Waals surface area contributed by atoms with Crippen molar-refractivity contribution in [1.82, 2.24) is 9.78 Å². The van der Waals surface area contributed by atoms with Gasteiger partial charge in [-0.25, -0.2) is 0 Å². The fourth-order valence-corrected chi connectivity index (χ4v) is 0.892. The third kappa shape index (κ3) is 3.84. The molecule has 7 heteroatoms. The molecule has 0 aliphatic rings. The predicted molar refractivity (Wildman–Crippen MR) is 47.1 cm³/mol. The minimum absolute atomic E-state index is 0.198. The summed E-state index contributed by atoms with van der Waals surface area (Å²) in [5, 5.41) is 5.73. The second-order valence-corrected chi connectivity index (χ2v) is 2.74. The van der Waals surface area contributed by atoms with Crippen LogP contribution >= 0.6 is 0 Å². The number of aromatic nitrogens is 2. The van der Waals surface area contributed by atoms with Gasteiger partial charge in [0.05, 0.1) is 11.9 Å². The molecule has 0 aromatic carbocycles. The number of nitrogens with zero attached hydrogens (tertiary/aromatic N) is 2. The molecule has 0 atom stereocenters. The summed E-state index contributed by atoms with van der Waals surface area (Å²) < 4.78 is 36.4. The van der Waals surface area contributed by atoms with Crippen LogP contribution in [0.2, 0.25) is 0 Å². The highest BCUT2D eigenvalue weighted by atomic mass is 19.4. The van der Waals surface area contributed by atoms with Crippen LogP contribution in [0.3, 0.4) is 0 Å². The number of hydrogen-bond donors (Lipinski definition) is 1. The van der Waals surface area contributed by atoms with Crippen molar-refractivity contribution < 1.29 is 18.0 Å². The lowest BCUT2D eigenvalue weighted by Gasteiger charge is -2.04. The third-order valence-corrected chi connectivity index (χ3v) is 1.43. The van der Waals surface area contributed by atoms with Crippen molar-refractivity contribution in [2.45, 2.75) is 12.7 Å². The minimum Gasteiger partial charge on any atom is -0.320 e. The highest BCUT2D eigenvalue weighted by molar-refractivity contribution is 5.98. The van der Waals surface area contributed by atoms with Gasteiger partial charge >= 0.3 is 6.18 Å². The van der Waals surface area contributed by atoms with Crippen LogP contribution in [-0.4, -0.2) is 21.9 Å². The summed E-state index contributed by atoms with van der Waals surface area (Å²) in [5.74, 6) is -0.499. The summed E-state index contributed by atoms with van der Waals surface area (Å²) in [6, 6.07) is 0. The van der Waals surface area contributed by atoms with E-state index in [0.29, 0.717) is 4.68 Å². The first-order valence-corrected chi connectivity index (χ1v) is 3.93. The predicted octanol–water partition coefficient (Wildman–Crippen LogP) is 1.57. The Bertz CT molecular complexity index is 369. The molecule has 82 valence electrons. The molecule has 0 saturated carbocycles. The Morgan fingerprint density at radius 3 is 2.87 bits per heavy atom. The van der Waals surface area contributed by atoms with Crippen molar-refractivity contribution in [2.75, 3.05) is 5.32 Å². The maximum Gasteiger partial charge on any atom is 0.408 e. The maximum absolute atomic E-state index is 11.9. The number of hydrogen-bond acceptors (Lipinski definition) is 2. The molecule has 4 nitrogen and oxygen atoms in total. The van der Waals surface area contributed by atoms with Crippen LogP contribution < -0.4 is 5.32 Å². The van der Waals surface area contributed by atoms with Crippen LogP contribution in [0.1, 0.15) is 0 Å². The first kappa shape index (κ1) is 11.3. The van der Waals surface area contributed by atoms with Crippen molar-refractivity contribution in [3.05, 3.63) is 25.0 Å². The smallest absolute Gasteiger partial charge is 0.320 e. The lowest BCUT2D eigenvalue weighted by atomic mass is 10.5. The first-order chi connectivity index (χ1) is 6.90. The molecule has 1 rings (SSSR count). The van der Waals surface area contributed by atoms with Crippen LogP contribution in [-0.2, 0) is 11.3 Å². The lowest BCUT2D eigenvalue weighted by molar-refractivity contribution is -0.142. The van der Waals surface area contributed by atoms with E-state index in [4.69, 9.17) is 0 Å². The summed E-state index contributed by atoms with van der Waals surface area (Å²) in [6.45, 7) is 2.02. The van der Waals surface area contributed by atoms with Gasteiger partial charge in [0.25, 0.3) is 0 Å². The Hall–Kier alpha value is -1.79. The molecule has 0 aliphatic heterocycles. The molecule has 0 saturated heterocycles. The van der Waals surface area contributed by atoms with Crippen molar-refractivity contribution in [3.8, 4) is 0 Å². The van der Waals surface area contributed by atoms with E-state index >= 15 is 0 Å². The minimum atomic E-state index is -4.33. The number of halogens is 3. The molecule has 0 radical (unpaired) electrons. The number of carbonyl (C=O) groups is 1. The van der Waals surface area contributed by atoms with Crippen molar-refractivity contribution in [3.63, 3.8) is 0 Å². The third-order valence-electron chi connectivity index (χ3n) is 1.43. The highest BCUT2D eigenvalue weighted by Crippen LogP contribution is 2.17. The fraction of sp³-hybridized carbons (Fsp3) is 0.250. The van der Waals surface area contributed by atoms with Gasteiger partial charge in [-0.05, 0) is 6.08 Å². The van der Waals surface area contributed by atoms with Crippen LogP contribution in [0.15, 0.2) is 25.0 Å². The van der Waals surface area contributed by atoms with Gasteiger partial charge in [-0.15, -0.1) is 0 Å². The summed E-state index contributed by atoms with van der Waals surface area (Å²) in [4.78, 5) is 10.8. The molecule has 0 bridgehead atoms. The van der Waals surface area contributed by atoms with Gasteiger partial charge in [-0.3, -0.25) is 9.48 Å². The normalized spacial score (nSPS) is 11.1. The van der Waals surface area contributed by atoms with Crippen molar-refractivity contribution in [1.29, 1.82) is 0 Å². The van der Waals surface area contributed by atoms with Crippen LogP contribution in [0.25, 0.3) is 0 Å². The van der Waals surface area contributed by atoms with E-state index in [-0.39, 0.29) is 5.69 Å². The molecular formula is C8H8F3N3O. The topological polar surface area (TPSA) is 46.9 Å². The Balaban J connectivity index is 2.64. The van der Waals surface area contributed by atoms with E-state index in [0.717, 1.165) is 18.5 Å². The summed E-state index contributed by atoms with van der Waals surface area (Å²) in [7, 11) is 0. The maximum atomic E-state index is 11.9. The van der Waals surface area contributed by atoms with E-state index in [2.05, 4.69) is 17.0 Å². The molecule has 0 fully saturated rings. The number of amides is 1. The number of alkyl halides is 3. The zero-order valence-electron chi connectivity index (χ0n) is 7.58. The average molecular weight is 219 g/mol. The van der Waals surface area contributed by atoms with E-state index < -0.39 is 18.6 Å². The average Bonchev–Trinajstić information content (AvgIpc) is 2.49. The molecule has 1 amide bonds. The number of carbonyl (C=O) groups excluding carboxylic acids is 1. The SMILES string of the molecule is C=CC(=O)Nc1cnn(CC(F)(F)F)c1. The van der Waals surface area contributed by atoms with Crippen LogP contribution in [0.4, 0.5) is 18.9 Å². The zero-order valence-corrected chi connectivity index (χ0v) is 7.58. The molecule has 1 aromatic rings. The van der Waals surface area contributed by atoms with E-state index in [1.54, 1.807) is 0 Å². The number of nitrogens with one attached hydrogen (secondary N) is 1. The fourth-order valence-electron chi connectivity index (χ4n) is 0.892. The largest absolute Gasteiger partial charge is 0.408 e. The quantitative estimate of drug-likeness (QED) is 0.784. The van der Waals surface area contributed by atoms with E-state index in [1.165, 1.54) is 0 Å². The summed E-state index contributed by atoms with van der Waals surface area (Å²) in [6.07, 6.45) is -1.09. The van der Waals surface area contributed by atoms with Gasteiger partial charge in [-0.2, -0.15) is 18.3 Å². The van der Waals surface area contributed by atoms with E-state index in [9.17, 15) is 18.0 Å². The van der Waals surface area contributed by atoms with Gasteiger partial charge in [0, 0.05) is 6.20 Å². The second kappa shape index (κ2) is 4.16. The standard InChI is InChI=1S/C8H8F3N3O/c1-2-7(15)13-6-3-12-14(4-6)5-8(9,10)11/h2-4H,1,5H2,(H,13,15). The second-order valence-electron chi connectivity index (χ2n) is 2.74. The Labute approximate surface area is 83.4 Å². The molecule has 1 heterocycles. The van der Waals surface area contributed by atoms with Crippen LogP contribution in [0, 0.1) is 0 Å². The van der Waals surface area contributed by atoms with Gasteiger partial charge in [-0.1, -0.05) is 6.58 Å². The van der Waals surface area contributed by atoms with Crippen LogP contribution in [0.5, 0.6) is 0 Å². The number of rotatable bonds is 3. The molecule has 0 unspecified atom stereocenters. The molecule has 1 N–H and O–H groups in total. The van der Waals surface area contributed by atoms with Gasteiger partial charge in [0.15, 0.2) is 0 Å². The summed E-state index contributed by atoms with van der Waals surface area (Å²) >= 11 is 0. The summed E-state index contributed by atoms with van der Waals surface area (Å²) in [5.41, 5.74) is 0.198. The molecular weight excluding hydrogens is 211 g/mol. The highest BCUT2D eigenvalue weighted by Gasteiger charge is 2.28. The first-order valence-electron chi connectivity index (χ1n) is 3.93. The molecule has 1 aromatic heterocycles. The lowest BCUT2D eigenvalue weighted by Crippen LogP contribution is -2.17. The monoisotopic (exact) mass is 219 g/mol. The number of anilines is 1. The van der Waals surface area contributed by atoms with Gasteiger partial charge in [0.2, 0.25) is 5.91 Å². The molecule has 0 spiro atoms. The molecule has 15 heavy (non-hydrogen) atoms. The van der Waals surface area contributed by atoms with Crippen molar-refractivity contribution >= 4 is 11.6 Å². The van der Waals surface area contributed by atoms with Gasteiger partial charge in [0.1, 0.15) is 6.54 Å². The Morgan fingerprint density at radius 1 is 1.67 bits per heavy atom. The van der Waals surface area contributed by atoms with Crippen molar-refractivity contribution in [2.24, 2.45) is 0 Å². The Morgan fingerprint density at radius 2 is 2.33 bits per heavy atom. The van der Waals surface area contributed by atoms with E-state index in [1.807, 2.05) is 0 Å². The van der Waals surface area contributed by atoms with Gasteiger partial charge < -0.3 is 5.32 Å². The Kier molecular flexibility index (Phi) is 3.13. The zero-order chi connectivity index (χ0) is 11.5.